The molecule has 0 amide bonds. The third-order valence-electron chi connectivity index (χ3n) is 4.14. The maximum atomic E-state index is 12.7. The molecule has 8 heteroatoms. The Hall–Kier alpha value is -3.03. The number of nitrogens with zero attached hydrogens (tertiary/aromatic N) is 2. The van der Waals surface area contributed by atoms with Crippen LogP contribution in [0.25, 0.3) is 33.4 Å². The van der Waals surface area contributed by atoms with E-state index in [0.717, 1.165) is 33.4 Å². The topological polar surface area (TPSA) is 72.0 Å². The molecule has 3 aromatic carbocycles. The van der Waals surface area contributed by atoms with Crippen molar-refractivity contribution in [2.24, 2.45) is 0 Å². The number of rotatable bonds is 4. The van der Waals surface area contributed by atoms with E-state index in [0.29, 0.717) is 5.02 Å². The molecule has 1 heterocycles. The standard InChI is InChI=1S/C20H13ClFN3O2S/c21-16-7-10-18-19(11-16)23-12-20(24-18)15-3-1-13(2-4-15)14-5-8-17(9-6-14)25-28(22,26)27/h1-12,25H. The molecule has 0 aliphatic heterocycles. The van der Waals surface area contributed by atoms with E-state index in [9.17, 15) is 12.3 Å². The van der Waals surface area contributed by atoms with Gasteiger partial charge in [0, 0.05) is 10.6 Å². The van der Waals surface area contributed by atoms with Gasteiger partial charge in [0.1, 0.15) is 0 Å². The molecular weight excluding hydrogens is 401 g/mol. The normalized spacial score (nSPS) is 11.5. The van der Waals surface area contributed by atoms with Crippen molar-refractivity contribution >= 4 is 38.7 Å². The van der Waals surface area contributed by atoms with Crippen molar-refractivity contribution in [3.05, 3.63) is 77.9 Å². The smallest absolute Gasteiger partial charge is 0.257 e. The Morgan fingerprint density at radius 2 is 1.43 bits per heavy atom. The quantitative estimate of drug-likeness (QED) is 0.464. The van der Waals surface area contributed by atoms with Gasteiger partial charge in [-0.1, -0.05) is 51.9 Å². The van der Waals surface area contributed by atoms with E-state index >= 15 is 0 Å². The van der Waals surface area contributed by atoms with Crippen LogP contribution in [0.15, 0.2) is 72.9 Å². The fourth-order valence-corrected chi connectivity index (χ4v) is 3.41. The summed E-state index contributed by atoms with van der Waals surface area (Å²) in [6.07, 6.45) is 1.70. The van der Waals surface area contributed by atoms with Crippen LogP contribution in [0, 0.1) is 0 Å². The van der Waals surface area contributed by atoms with Crippen LogP contribution in [0.3, 0.4) is 0 Å². The second-order valence-electron chi connectivity index (χ2n) is 6.08. The summed E-state index contributed by atoms with van der Waals surface area (Å²) in [4.78, 5) is 9.02. The van der Waals surface area contributed by atoms with Gasteiger partial charge in [-0.3, -0.25) is 9.71 Å². The minimum absolute atomic E-state index is 0.161. The number of benzene rings is 3. The van der Waals surface area contributed by atoms with E-state index in [2.05, 4.69) is 9.97 Å². The second-order valence-corrected chi connectivity index (χ2v) is 7.60. The van der Waals surface area contributed by atoms with Crippen LogP contribution in [-0.2, 0) is 10.4 Å². The molecule has 0 fully saturated rings. The molecule has 0 atom stereocenters. The first kappa shape index (κ1) is 18.3. The number of halogens is 2. The minimum atomic E-state index is -4.78. The van der Waals surface area contributed by atoms with Gasteiger partial charge in [0.25, 0.3) is 0 Å². The second kappa shape index (κ2) is 7.18. The first-order chi connectivity index (χ1) is 13.4. The van der Waals surface area contributed by atoms with Gasteiger partial charge < -0.3 is 0 Å². The van der Waals surface area contributed by atoms with Crippen LogP contribution < -0.4 is 4.72 Å². The lowest BCUT2D eigenvalue weighted by Crippen LogP contribution is -2.04. The highest BCUT2D eigenvalue weighted by atomic mass is 35.5. The molecule has 0 bridgehead atoms. The van der Waals surface area contributed by atoms with Crippen LogP contribution in [0.5, 0.6) is 0 Å². The lowest BCUT2D eigenvalue weighted by atomic mass is 10.0. The molecule has 1 aromatic heterocycles. The number of anilines is 1. The van der Waals surface area contributed by atoms with Crippen molar-refractivity contribution in [1.29, 1.82) is 0 Å². The lowest BCUT2D eigenvalue weighted by molar-refractivity contribution is 0.558. The highest BCUT2D eigenvalue weighted by Crippen LogP contribution is 2.26. The van der Waals surface area contributed by atoms with E-state index in [-0.39, 0.29) is 5.69 Å². The molecule has 0 radical (unpaired) electrons. The van der Waals surface area contributed by atoms with Crippen LogP contribution >= 0.6 is 11.6 Å². The predicted octanol–water partition coefficient (Wildman–Crippen LogP) is 5.24. The molecule has 0 saturated carbocycles. The highest BCUT2D eigenvalue weighted by molar-refractivity contribution is 7.87. The van der Waals surface area contributed by atoms with Crippen molar-refractivity contribution in [2.45, 2.75) is 0 Å². The molecule has 28 heavy (non-hydrogen) atoms. The Kier molecular flexibility index (Phi) is 4.70. The minimum Gasteiger partial charge on any atom is -0.257 e. The monoisotopic (exact) mass is 413 g/mol. The lowest BCUT2D eigenvalue weighted by Gasteiger charge is -2.07. The molecule has 4 rings (SSSR count). The fourth-order valence-electron chi connectivity index (χ4n) is 2.83. The molecule has 0 unspecified atom stereocenters. The Balaban J connectivity index is 1.59. The van der Waals surface area contributed by atoms with Gasteiger partial charge in [0.15, 0.2) is 0 Å². The first-order valence-electron chi connectivity index (χ1n) is 8.23. The van der Waals surface area contributed by atoms with E-state index in [1.807, 2.05) is 30.3 Å². The van der Waals surface area contributed by atoms with Crippen LogP contribution in [0.2, 0.25) is 5.02 Å². The zero-order chi connectivity index (χ0) is 19.7. The van der Waals surface area contributed by atoms with E-state index in [1.54, 1.807) is 35.2 Å². The van der Waals surface area contributed by atoms with Gasteiger partial charge in [0.05, 0.1) is 28.6 Å². The summed E-state index contributed by atoms with van der Waals surface area (Å²) in [5.41, 5.74) is 5.11. The molecule has 0 aliphatic carbocycles. The van der Waals surface area contributed by atoms with Crippen molar-refractivity contribution in [3.8, 4) is 22.4 Å². The predicted molar refractivity (Wildman–Crippen MR) is 109 cm³/mol. The van der Waals surface area contributed by atoms with E-state index in [4.69, 9.17) is 11.6 Å². The molecule has 0 aliphatic rings. The molecule has 0 saturated heterocycles. The average molecular weight is 414 g/mol. The Morgan fingerprint density at radius 3 is 2.07 bits per heavy atom. The summed E-state index contributed by atoms with van der Waals surface area (Å²) in [5.74, 6) is 0. The number of aromatic nitrogens is 2. The summed E-state index contributed by atoms with van der Waals surface area (Å²) in [6.45, 7) is 0. The zero-order valence-corrected chi connectivity index (χ0v) is 15.9. The molecule has 0 spiro atoms. The summed E-state index contributed by atoms with van der Waals surface area (Å²) in [5, 5.41) is 0.615. The van der Waals surface area contributed by atoms with Gasteiger partial charge >= 0.3 is 10.4 Å². The molecular formula is C20H13ClFN3O2S. The van der Waals surface area contributed by atoms with Gasteiger partial charge in [0.2, 0.25) is 0 Å². The fraction of sp³-hybridized carbons (Fsp3) is 0. The van der Waals surface area contributed by atoms with Crippen LogP contribution in [0.1, 0.15) is 0 Å². The Bertz CT molecular complexity index is 1260. The molecule has 4 aromatic rings. The number of hydrogen-bond acceptors (Lipinski definition) is 4. The van der Waals surface area contributed by atoms with Gasteiger partial charge in [-0.2, -0.15) is 8.42 Å². The third-order valence-corrected chi connectivity index (χ3v) is 4.86. The summed E-state index contributed by atoms with van der Waals surface area (Å²) >= 11 is 5.97. The average Bonchev–Trinajstić information content (AvgIpc) is 2.67. The van der Waals surface area contributed by atoms with Crippen molar-refractivity contribution in [2.75, 3.05) is 4.72 Å². The maximum absolute atomic E-state index is 12.7. The molecule has 1 N–H and O–H groups in total. The van der Waals surface area contributed by atoms with Crippen molar-refractivity contribution in [1.82, 2.24) is 9.97 Å². The van der Waals surface area contributed by atoms with Crippen molar-refractivity contribution < 1.29 is 12.3 Å². The first-order valence-corrected chi connectivity index (χ1v) is 9.99. The zero-order valence-electron chi connectivity index (χ0n) is 14.3. The van der Waals surface area contributed by atoms with Crippen LogP contribution in [-0.4, -0.2) is 18.4 Å². The number of nitrogens with one attached hydrogen (secondary N) is 1. The van der Waals surface area contributed by atoms with Gasteiger partial charge in [-0.05, 0) is 41.5 Å². The van der Waals surface area contributed by atoms with Gasteiger partial charge in [-0.25, -0.2) is 4.98 Å². The van der Waals surface area contributed by atoms with Crippen molar-refractivity contribution in [3.63, 3.8) is 0 Å². The summed E-state index contributed by atoms with van der Waals surface area (Å²) < 4.78 is 35.7. The SMILES string of the molecule is O=S(=O)(F)Nc1ccc(-c2ccc(-c3cnc4cc(Cl)ccc4n3)cc2)cc1. The maximum Gasteiger partial charge on any atom is 0.396 e. The number of fused-ring (bicyclic) bond motifs is 1. The largest absolute Gasteiger partial charge is 0.396 e. The summed E-state index contributed by atoms with van der Waals surface area (Å²) in [6, 6.07) is 19.5. The summed E-state index contributed by atoms with van der Waals surface area (Å²) in [7, 11) is -4.78. The highest BCUT2D eigenvalue weighted by Gasteiger charge is 2.07. The molecule has 5 nitrogen and oxygen atoms in total. The van der Waals surface area contributed by atoms with Gasteiger partial charge in [-0.15, -0.1) is 0 Å². The molecule has 140 valence electrons. The number of hydrogen-bond donors (Lipinski definition) is 1. The van der Waals surface area contributed by atoms with E-state index < -0.39 is 10.4 Å². The Morgan fingerprint density at radius 1 is 0.821 bits per heavy atom. The Labute approximate surface area is 166 Å². The third kappa shape index (κ3) is 4.11. The van der Waals surface area contributed by atoms with Crippen LogP contribution in [0.4, 0.5) is 9.57 Å². The van der Waals surface area contributed by atoms with E-state index in [1.165, 1.54) is 12.1 Å².